The van der Waals surface area contributed by atoms with Crippen LogP contribution in [0.4, 0.5) is 18.9 Å². The zero-order valence-corrected chi connectivity index (χ0v) is 24.5. The lowest BCUT2D eigenvalue weighted by Gasteiger charge is -2.54. The number of halogens is 3. The van der Waals surface area contributed by atoms with Crippen molar-refractivity contribution in [2.75, 3.05) is 32.7 Å². The molecule has 5 rings (SSSR count). The van der Waals surface area contributed by atoms with Crippen LogP contribution in [0.3, 0.4) is 0 Å². The van der Waals surface area contributed by atoms with Crippen LogP contribution in [0.2, 0.25) is 0 Å². The maximum absolute atomic E-state index is 13.1. The topological polar surface area (TPSA) is 97.3 Å². The number of carbonyl (C=O) groups is 1. The lowest BCUT2D eigenvalue weighted by atomic mass is 9.56. The van der Waals surface area contributed by atoms with Gasteiger partial charge in [-0.15, -0.1) is 0 Å². The van der Waals surface area contributed by atoms with Crippen LogP contribution < -0.4 is 10.2 Å². The molecule has 1 fully saturated rings. The highest BCUT2D eigenvalue weighted by molar-refractivity contribution is 7.87. The number of amides is 1. The molecule has 0 saturated heterocycles. The Bertz CT molecular complexity index is 1570. The van der Waals surface area contributed by atoms with E-state index in [1.165, 1.54) is 13.2 Å². The molecule has 0 radical (unpaired) electrons. The van der Waals surface area contributed by atoms with Gasteiger partial charge in [0.05, 0.1) is 12.3 Å². The maximum atomic E-state index is 13.1. The van der Waals surface area contributed by atoms with Gasteiger partial charge in [0.1, 0.15) is 16.2 Å². The number of alkyl halides is 3. The van der Waals surface area contributed by atoms with Crippen molar-refractivity contribution in [3.63, 3.8) is 0 Å². The SMILES string of the molecule is CO[C@]12C=CC=CC1=N[C@@]1(NC(=O)C(F)(F)F)C[C@H](CCCCCOS(=O)(=O)c3cccc4c(N(C)C)cccc34)[C@H]12. The number of hydrogen-bond donors (Lipinski definition) is 1. The van der Waals surface area contributed by atoms with E-state index in [2.05, 4.69) is 10.3 Å². The molecule has 0 bridgehead atoms. The molecule has 2 aromatic carbocycles. The van der Waals surface area contributed by atoms with Crippen LogP contribution in [0.5, 0.6) is 0 Å². The fraction of sp³-hybridized carbons (Fsp3) is 0.467. The van der Waals surface area contributed by atoms with Gasteiger partial charge in [0, 0.05) is 43.6 Å². The maximum Gasteiger partial charge on any atom is 0.471 e. The minimum Gasteiger partial charge on any atom is -0.377 e. The van der Waals surface area contributed by atoms with Crippen molar-refractivity contribution in [3.8, 4) is 0 Å². The molecular weight excluding hydrogens is 571 g/mol. The smallest absolute Gasteiger partial charge is 0.377 e. The molecular formula is C30H34F3N3O5S. The monoisotopic (exact) mass is 605 g/mol. The molecule has 4 atom stereocenters. The number of fused-ring (bicyclic) bond motifs is 4. The third-order valence-electron chi connectivity index (χ3n) is 8.44. The van der Waals surface area contributed by atoms with Gasteiger partial charge < -0.3 is 15.0 Å². The molecule has 2 aliphatic carbocycles. The Hall–Kier alpha value is -3.22. The van der Waals surface area contributed by atoms with Gasteiger partial charge in [-0.2, -0.15) is 21.6 Å². The number of anilines is 1. The Labute approximate surface area is 243 Å². The van der Waals surface area contributed by atoms with E-state index in [0.717, 1.165) is 11.1 Å². The summed E-state index contributed by atoms with van der Waals surface area (Å²) >= 11 is 0. The van der Waals surface area contributed by atoms with Crippen molar-refractivity contribution in [2.45, 2.75) is 54.4 Å². The molecule has 1 N–H and O–H groups in total. The Kier molecular flexibility index (Phi) is 8.01. The molecule has 1 aliphatic heterocycles. The molecule has 1 amide bonds. The highest BCUT2D eigenvalue weighted by Gasteiger charge is 2.69. The number of nitrogens with one attached hydrogen (secondary N) is 1. The summed E-state index contributed by atoms with van der Waals surface area (Å²) in [6, 6.07) is 10.6. The van der Waals surface area contributed by atoms with Crippen molar-refractivity contribution in [1.29, 1.82) is 0 Å². The van der Waals surface area contributed by atoms with Gasteiger partial charge in [-0.3, -0.25) is 14.0 Å². The van der Waals surface area contributed by atoms with E-state index in [0.29, 0.717) is 36.8 Å². The van der Waals surface area contributed by atoms with Gasteiger partial charge in [-0.25, -0.2) is 0 Å². The van der Waals surface area contributed by atoms with Crippen LogP contribution >= 0.6 is 0 Å². The van der Waals surface area contributed by atoms with E-state index in [9.17, 15) is 26.4 Å². The van der Waals surface area contributed by atoms with Gasteiger partial charge in [0.25, 0.3) is 10.1 Å². The normalized spacial score (nSPS) is 26.4. The number of unbranched alkanes of at least 4 members (excludes halogenated alkanes) is 2. The van der Waals surface area contributed by atoms with Gasteiger partial charge in [0.15, 0.2) is 0 Å². The predicted molar refractivity (Wildman–Crippen MR) is 154 cm³/mol. The number of ether oxygens (including phenoxy) is 1. The summed E-state index contributed by atoms with van der Waals surface area (Å²) in [7, 11) is 1.29. The summed E-state index contributed by atoms with van der Waals surface area (Å²) in [4.78, 5) is 18.5. The van der Waals surface area contributed by atoms with Crippen LogP contribution in [-0.2, 0) is 23.8 Å². The predicted octanol–water partition coefficient (Wildman–Crippen LogP) is 5.15. The molecule has 2 aromatic rings. The molecule has 8 nitrogen and oxygen atoms in total. The van der Waals surface area contributed by atoms with E-state index in [4.69, 9.17) is 8.92 Å². The lowest BCUT2D eigenvalue weighted by Crippen LogP contribution is -2.68. The average Bonchev–Trinajstić information content (AvgIpc) is 3.15. The van der Waals surface area contributed by atoms with E-state index >= 15 is 0 Å². The second-order valence-electron chi connectivity index (χ2n) is 11.2. The fourth-order valence-corrected chi connectivity index (χ4v) is 7.80. The Morgan fingerprint density at radius 1 is 1.10 bits per heavy atom. The molecule has 0 spiro atoms. The Balaban J connectivity index is 1.19. The van der Waals surface area contributed by atoms with Crippen LogP contribution in [0, 0.1) is 11.8 Å². The zero-order valence-electron chi connectivity index (χ0n) is 23.6. The summed E-state index contributed by atoms with van der Waals surface area (Å²) in [5.74, 6) is -2.56. The molecule has 12 heteroatoms. The van der Waals surface area contributed by atoms with Gasteiger partial charge in [-0.1, -0.05) is 49.3 Å². The second-order valence-corrected chi connectivity index (χ2v) is 12.8. The van der Waals surface area contributed by atoms with E-state index in [1.54, 1.807) is 36.4 Å². The highest BCUT2D eigenvalue weighted by Crippen LogP contribution is 2.59. The minimum atomic E-state index is -5.02. The van der Waals surface area contributed by atoms with E-state index in [1.807, 2.05) is 37.2 Å². The molecule has 1 saturated carbocycles. The minimum absolute atomic E-state index is 0.00850. The van der Waals surface area contributed by atoms with Crippen molar-refractivity contribution in [1.82, 2.24) is 5.32 Å². The van der Waals surface area contributed by atoms with Crippen LogP contribution in [-0.4, -0.2) is 65.3 Å². The number of aliphatic imine (C=N–C) groups is 1. The van der Waals surface area contributed by atoms with Crippen molar-refractivity contribution < 1.29 is 35.3 Å². The molecule has 226 valence electrons. The third-order valence-corrected chi connectivity index (χ3v) is 9.82. The number of carbonyl (C=O) groups excluding carboxylic acids is 1. The summed E-state index contributed by atoms with van der Waals surface area (Å²) in [5, 5.41) is 3.55. The van der Waals surface area contributed by atoms with Crippen LogP contribution in [0.25, 0.3) is 10.8 Å². The van der Waals surface area contributed by atoms with Crippen molar-refractivity contribution in [3.05, 3.63) is 60.7 Å². The first-order valence-electron chi connectivity index (χ1n) is 13.8. The standard InChI is InChI=1S/C30H34F3N3O5S/c1-36(2)23-14-9-13-22-21(23)12-10-15-24(22)42(38,39)41-18-8-4-5-11-20-19-29(35-27(37)30(31,32)33)26(20)28(40-3)17-7-6-16-25(28)34-29/h6-7,9-10,12-17,20,26H,4-5,8,11,18-19H2,1-3H3,(H,35,37)/t20-,26-,28+,29+/m0/s1. The summed E-state index contributed by atoms with van der Waals surface area (Å²) in [6.45, 7) is 0.00850. The molecule has 0 aromatic heterocycles. The fourth-order valence-electron chi connectivity index (χ4n) is 6.64. The number of rotatable bonds is 11. The molecule has 3 aliphatic rings. The summed E-state index contributed by atoms with van der Waals surface area (Å²) < 4.78 is 76.7. The lowest BCUT2D eigenvalue weighted by molar-refractivity contribution is -0.181. The molecule has 0 unspecified atom stereocenters. The number of hydrogen-bond acceptors (Lipinski definition) is 7. The van der Waals surface area contributed by atoms with E-state index < -0.39 is 39.4 Å². The Morgan fingerprint density at radius 2 is 1.83 bits per heavy atom. The number of nitrogens with zero attached hydrogens (tertiary/aromatic N) is 2. The van der Waals surface area contributed by atoms with Gasteiger partial charge in [-0.05, 0) is 49.5 Å². The first kappa shape index (κ1) is 30.2. The summed E-state index contributed by atoms with van der Waals surface area (Å²) in [6.07, 6.45) is 4.74. The molecule has 1 heterocycles. The van der Waals surface area contributed by atoms with Gasteiger partial charge >= 0.3 is 12.1 Å². The first-order chi connectivity index (χ1) is 19.8. The van der Waals surface area contributed by atoms with Crippen molar-refractivity contribution >= 4 is 38.2 Å². The molecule has 42 heavy (non-hydrogen) atoms. The van der Waals surface area contributed by atoms with Crippen LogP contribution in [0.1, 0.15) is 32.1 Å². The third kappa shape index (κ3) is 5.24. The number of methoxy groups -OCH3 is 1. The van der Waals surface area contributed by atoms with Crippen molar-refractivity contribution in [2.24, 2.45) is 16.8 Å². The van der Waals surface area contributed by atoms with E-state index in [-0.39, 0.29) is 23.8 Å². The highest BCUT2D eigenvalue weighted by atomic mass is 32.2. The number of allylic oxidation sites excluding steroid dienone is 2. The average molecular weight is 606 g/mol. The Morgan fingerprint density at radius 3 is 2.55 bits per heavy atom. The largest absolute Gasteiger partial charge is 0.471 e. The number of benzene rings is 2. The van der Waals surface area contributed by atoms with Gasteiger partial charge in [0.2, 0.25) is 0 Å². The zero-order chi connectivity index (χ0) is 30.3. The summed E-state index contributed by atoms with van der Waals surface area (Å²) in [5.41, 5.74) is -1.01. The second kappa shape index (κ2) is 11.1. The first-order valence-corrected chi connectivity index (χ1v) is 15.2. The quantitative estimate of drug-likeness (QED) is 0.281. The van der Waals surface area contributed by atoms with Crippen LogP contribution in [0.15, 0.2) is 70.6 Å².